The molecule has 4 nitrogen and oxygen atoms in total. The Balaban J connectivity index is 1.55. The van der Waals surface area contributed by atoms with Crippen LogP contribution in [0.5, 0.6) is 0 Å². The summed E-state index contributed by atoms with van der Waals surface area (Å²) >= 11 is 6.31. The molecule has 3 aliphatic rings. The van der Waals surface area contributed by atoms with E-state index in [2.05, 4.69) is 22.9 Å². The highest BCUT2D eigenvalue weighted by atomic mass is 35.5. The number of hydrogen-bond acceptors (Lipinski definition) is 4. The number of pyridine rings is 1. The number of hydrogen-bond donors (Lipinski definition) is 0. The van der Waals surface area contributed by atoms with E-state index in [1.807, 2.05) is 42.6 Å². The Labute approximate surface area is 188 Å². The standard InChI is InChI=1S/C26H27ClN2O2/c1-2-17-16-29-14-12-18(17)15-24(29)25(31-26(30)21-8-3-5-9-22(21)27)20-11-13-28-23-10-6-4-7-19(20)23/h3-11,13,17-18,24-25H,2,12,14-16H2,1H3/t17-,18+,24-,25-/m0/s1. The van der Waals surface area contributed by atoms with Crippen molar-refractivity contribution >= 4 is 28.5 Å². The molecule has 3 aromatic rings. The second-order valence-electron chi connectivity index (χ2n) is 8.74. The number of carbonyl (C=O) groups excluding carboxylic acids is 1. The fourth-order valence-electron chi connectivity index (χ4n) is 5.48. The maximum absolute atomic E-state index is 13.2. The highest BCUT2D eigenvalue weighted by molar-refractivity contribution is 6.33. The molecule has 6 rings (SSSR count). The fourth-order valence-corrected chi connectivity index (χ4v) is 5.69. The van der Waals surface area contributed by atoms with Gasteiger partial charge in [-0.1, -0.05) is 55.3 Å². The Morgan fingerprint density at radius 3 is 2.77 bits per heavy atom. The normalized spacial score (nSPS) is 26.0. The molecule has 2 bridgehead atoms. The van der Waals surface area contributed by atoms with E-state index in [1.54, 1.807) is 12.1 Å². The van der Waals surface area contributed by atoms with Gasteiger partial charge in [-0.15, -0.1) is 0 Å². The van der Waals surface area contributed by atoms with E-state index in [4.69, 9.17) is 16.3 Å². The number of para-hydroxylation sites is 1. The SMILES string of the molecule is CC[C@H]1CN2CC[C@@H]1C[C@H]2[C@@H](OC(=O)c1ccccc1Cl)c1ccnc2ccccc12. The molecular formula is C26H27ClN2O2. The van der Waals surface area contributed by atoms with Crippen LogP contribution in [0.15, 0.2) is 60.8 Å². The first kappa shape index (κ1) is 20.5. The van der Waals surface area contributed by atoms with E-state index in [1.165, 1.54) is 12.8 Å². The summed E-state index contributed by atoms with van der Waals surface area (Å²) in [5, 5.41) is 1.46. The number of aromatic nitrogens is 1. The van der Waals surface area contributed by atoms with Crippen LogP contribution in [-0.4, -0.2) is 35.0 Å². The number of fused-ring (bicyclic) bond motifs is 4. The van der Waals surface area contributed by atoms with Crippen LogP contribution in [0.3, 0.4) is 0 Å². The van der Waals surface area contributed by atoms with Gasteiger partial charge in [0.15, 0.2) is 0 Å². The maximum atomic E-state index is 13.2. The van der Waals surface area contributed by atoms with Gasteiger partial charge in [-0.25, -0.2) is 4.79 Å². The van der Waals surface area contributed by atoms with Crippen LogP contribution in [0.2, 0.25) is 5.02 Å². The average Bonchev–Trinajstić information content (AvgIpc) is 2.82. The van der Waals surface area contributed by atoms with Crippen molar-refractivity contribution in [2.24, 2.45) is 11.8 Å². The first-order valence-electron chi connectivity index (χ1n) is 11.2. The lowest BCUT2D eigenvalue weighted by Crippen LogP contribution is -2.55. The van der Waals surface area contributed by atoms with E-state index >= 15 is 0 Å². The lowest BCUT2D eigenvalue weighted by molar-refractivity contribution is -0.0659. The number of ether oxygens (including phenoxy) is 1. The van der Waals surface area contributed by atoms with Gasteiger partial charge >= 0.3 is 5.97 Å². The molecule has 1 unspecified atom stereocenters. The smallest absolute Gasteiger partial charge is 0.340 e. The molecule has 3 saturated heterocycles. The first-order valence-corrected chi connectivity index (χ1v) is 11.6. The number of nitrogens with zero attached hydrogens (tertiary/aromatic N) is 2. The Bertz CT molecular complexity index is 1100. The predicted octanol–water partition coefficient (Wildman–Crippen LogP) is 5.91. The summed E-state index contributed by atoms with van der Waals surface area (Å²) in [6.45, 7) is 4.43. The van der Waals surface area contributed by atoms with E-state index in [0.717, 1.165) is 41.9 Å². The number of carbonyl (C=O) groups is 1. The number of esters is 1. The number of piperidine rings is 3. The molecule has 0 N–H and O–H groups in total. The zero-order valence-corrected chi connectivity index (χ0v) is 18.5. The molecule has 4 heterocycles. The van der Waals surface area contributed by atoms with E-state index in [9.17, 15) is 4.79 Å². The Hall–Kier alpha value is -2.43. The van der Waals surface area contributed by atoms with Gasteiger partial charge in [0.05, 0.1) is 22.1 Å². The highest BCUT2D eigenvalue weighted by Gasteiger charge is 2.44. The van der Waals surface area contributed by atoms with Gasteiger partial charge in [-0.3, -0.25) is 9.88 Å². The molecule has 0 amide bonds. The van der Waals surface area contributed by atoms with Crippen LogP contribution in [0.4, 0.5) is 0 Å². The van der Waals surface area contributed by atoms with Gasteiger partial charge in [0.25, 0.3) is 0 Å². The second-order valence-corrected chi connectivity index (χ2v) is 9.15. The van der Waals surface area contributed by atoms with Crippen molar-refractivity contribution in [1.29, 1.82) is 0 Å². The lowest BCUT2D eigenvalue weighted by atomic mass is 9.72. The van der Waals surface area contributed by atoms with Crippen LogP contribution in [0, 0.1) is 11.8 Å². The molecule has 0 aliphatic carbocycles. The summed E-state index contributed by atoms with van der Waals surface area (Å²) in [6, 6.07) is 17.3. The summed E-state index contributed by atoms with van der Waals surface area (Å²) in [5.74, 6) is 1.06. The molecule has 160 valence electrons. The van der Waals surface area contributed by atoms with Crippen molar-refractivity contribution in [2.75, 3.05) is 13.1 Å². The van der Waals surface area contributed by atoms with Crippen molar-refractivity contribution in [3.63, 3.8) is 0 Å². The number of halogens is 1. The van der Waals surface area contributed by atoms with E-state index < -0.39 is 0 Å². The Kier molecular flexibility index (Phi) is 5.68. The van der Waals surface area contributed by atoms with Gasteiger partial charge in [-0.2, -0.15) is 0 Å². The molecule has 1 aromatic heterocycles. The third kappa shape index (κ3) is 3.83. The molecule has 0 saturated carbocycles. The molecule has 31 heavy (non-hydrogen) atoms. The van der Waals surface area contributed by atoms with Gasteiger partial charge in [0, 0.05) is 23.7 Å². The van der Waals surface area contributed by atoms with Crippen molar-refractivity contribution < 1.29 is 9.53 Å². The zero-order chi connectivity index (χ0) is 21.4. The van der Waals surface area contributed by atoms with Gasteiger partial charge in [0.1, 0.15) is 6.10 Å². The quantitative estimate of drug-likeness (QED) is 0.468. The van der Waals surface area contributed by atoms with Gasteiger partial charge < -0.3 is 4.74 Å². The summed E-state index contributed by atoms with van der Waals surface area (Å²) in [5.41, 5.74) is 2.35. The minimum Gasteiger partial charge on any atom is -0.452 e. The molecular weight excluding hydrogens is 408 g/mol. The van der Waals surface area contributed by atoms with E-state index in [-0.39, 0.29) is 18.1 Å². The molecule has 2 aromatic carbocycles. The number of rotatable bonds is 5. The van der Waals surface area contributed by atoms with Crippen LogP contribution in [-0.2, 0) is 4.74 Å². The molecule has 0 spiro atoms. The van der Waals surface area contributed by atoms with Crippen molar-refractivity contribution in [3.05, 3.63) is 76.9 Å². The van der Waals surface area contributed by atoms with Crippen LogP contribution in [0.25, 0.3) is 10.9 Å². The minimum absolute atomic E-state index is 0.166. The molecule has 3 fully saturated rings. The summed E-state index contributed by atoms with van der Waals surface area (Å²) in [4.78, 5) is 20.3. The summed E-state index contributed by atoms with van der Waals surface area (Å²) in [7, 11) is 0. The third-order valence-electron chi connectivity index (χ3n) is 7.13. The largest absolute Gasteiger partial charge is 0.452 e. The van der Waals surface area contributed by atoms with E-state index in [0.29, 0.717) is 16.5 Å². The molecule has 5 atom stereocenters. The maximum Gasteiger partial charge on any atom is 0.340 e. The lowest BCUT2D eigenvalue weighted by Gasteiger charge is -2.51. The van der Waals surface area contributed by atoms with Crippen LogP contribution in [0.1, 0.15) is 48.2 Å². The highest BCUT2D eigenvalue weighted by Crippen LogP contribution is 2.44. The first-order chi connectivity index (χ1) is 15.2. The molecule has 3 aliphatic heterocycles. The Morgan fingerprint density at radius 2 is 2.00 bits per heavy atom. The molecule has 5 heteroatoms. The topological polar surface area (TPSA) is 42.4 Å². The number of benzene rings is 2. The van der Waals surface area contributed by atoms with Gasteiger partial charge in [0.2, 0.25) is 0 Å². The minimum atomic E-state index is -0.369. The summed E-state index contributed by atoms with van der Waals surface area (Å²) < 4.78 is 6.28. The van der Waals surface area contributed by atoms with Crippen molar-refractivity contribution in [2.45, 2.75) is 38.3 Å². The van der Waals surface area contributed by atoms with Gasteiger partial charge in [-0.05, 0) is 55.5 Å². The fraction of sp³-hybridized carbons (Fsp3) is 0.385. The van der Waals surface area contributed by atoms with Crippen LogP contribution >= 0.6 is 11.6 Å². The third-order valence-corrected chi connectivity index (χ3v) is 7.46. The zero-order valence-electron chi connectivity index (χ0n) is 17.7. The van der Waals surface area contributed by atoms with Crippen molar-refractivity contribution in [3.8, 4) is 0 Å². The Morgan fingerprint density at radius 1 is 1.19 bits per heavy atom. The summed E-state index contributed by atoms with van der Waals surface area (Å²) in [6.07, 6.45) is 4.94. The molecule has 0 radical (unpaired) electrons. The average molecular weight is 435 g/mol. The second kappa shape index (κ2) is 8.60. The predicted molar refractivity (Wildman–Crippen MR) is 123 cm³/mol. The van der Waals surface area contributed by atoms with Crippen LogP contribution < -0.4 is 0 Å². The van der Waals surface area contributed by atoms with Crippen molar-refractivity contribution in [1.82, 2.24) is 9.88 Å². The monoisotopic (exact) mass is 434 g/mol.